The zero-order valence-corrected chi connectivity index (χ0v) is 20.4. The highest BCUT2D eigenvalue weighted by Crippen LogP contribution is 2.46. The molecule has 0 aliphatic carbocycles. The third-order valence-electron chi connectivity index (χ3n) is 6.21. The Bertz CT molecular complexity index is 1260. The van der Waals surface area contributed by atoms with E-state index >= 15 is 0 Å². The molecule has 0 saturated carbocycles. The number of anilines is 2. The predicted molar refractivity (Wildman–Crippen MR) is 137 cm³/mol. The number of amides is 1. The summed E-state index contributed by atoms with van der Waals surface area (Å²) in [6.45, 7) is 3.53. The number of rotatable bonds is 5. The maximum absolute atomic E-state index is 13.7. The van der Waals surface area contributed by atoms with Crippen molar-refractivity contribution < 1.29 is 9.53 Å². The van der Waals surface area contributed by atoms with Crippen molar-refractivity contribution in [1.29, 1.82) is 0 Å². The van der Waals surface area contributed by atoms with Crippen LogP contribution < -0.4 is 9.80 Å². The number of halogens is 1. The summed E-state index contributed by atoms with van der Waals surface area (Å²) in [5.74, 6) is 0. The molecular weight excluding hydrogens is 492 g/mol. The highest BCUT2D eigenvalue weighted by molar-refractivity contribution is 9.10. The third-order valence-corrected chi connectivity index (χ3v) is 6.70. The molecule has 1 aliphatic rings. The summed E-state index contributed by atoms with van der Waals surface area (Å²) in [6.07, 6.45) is 3.14. The number of fused-ring (bicyclic) bond motifs is 1. The van der Waals surface area contributed by atoms with Crippen molar-refractivity contribution in [3.8, 4) is 0 Å². The van der Waals surface area contributed by atoms with Gasteiger partial charge in [-0.1, -0.05) is 76.6 Å². The Morgan fingerprint density at radius 2 is 1.79 bits per heavy atom. The standard InChI is InChI=1S/C27H25BrN4O2/c1-27(21-10-6-3-7-11-21)18-31(16-23-15-29-19-30-23)24-13-12-22(28)14-25(24)32(27)26(33)34-17-20-8-4-2-5-9-20/h2-15,19H,16-18H2,1H3,(H,29,30). The third kappa shape index (κ3) is 4.31. The number of carbonyl (C=O) groups excluding carboxylic acids is 1. The lowest BCUT2D eigenvalue weighted by Gasteiger charge is -2.49. The van der Waals surface area contributed by atoms with Crippen molar-refractivity contribution in [1.82, 2.24) is 9.97 Å². The lowest BCUT2D eigenvalue weighted by Crippen LogP contribution is -2.58. The van der Waals surface area contributed by atoms with Gasteiger partial charge in [-0.15, -0.1) is 0 Å². The Morgan fingerprint density at radius 3 is 2.50 bits per heavy atom. The van der Waals surface area contributed by atoms with Gasteiger partial charge in [0.15, 0.2) is 0 Å². The topological polar surface area (TPSA) is 61.5 Å². The first kappa shape index (κ1) is 22.2. The molecule has 7 heteroatoms. The Hall–Kier alpha value is -3.58. The van der Waals surface area contributed by atoms with Crippen molar-refractivity contribution in [2.75, 3.05) is 16.3 Å². The van der Waals surface area contributed by atoms with Gasteiger partial charge in [0.1, 0.15) is 6.61 Å². The predicted octanol–water partition coefficient (Wildman–Crippen LogP) is 6.25. The first-order chi connectivity index (χ1) is 16.5. The summed E-state index contributed by atoms with van der Waals surface area (Å²) in [7, 11) is 0. The van der Waals surface area contributed by atoms with Crippen LogP contribution in [0, 0.1) is 0 Å². The molecule has 5 rings (SSSR count). The average molecular weight is 517 g/mol. The fourth-order valence-corrected chi connectivity index (χ4v) is 4.90. The number of aromatic nitrogens is 2. The van der Waals surface area contributed by atoms with E-state index in [1.807, 2.05) is 72.9 Å². The van der Waals surface area contributed by atoms with Crippen LogP contribution >= 0.6 is 15.9 Å². The highest BCUT2D eigenvalue weighted by Gasteiger charge is 2.46. The Labute approximate surface area is 207 Å². The largest absolute Gasteiger partial charge is 0.444 e. The van der Waals surface area contributed by atoms with Gasteiger partial charge in [0.2, 0.25) is 0 Å². The van der Waals surface area contributed by atoms with Gasteiger partial charge < -0.3 is 14.6 Å². The van der Waals surface area contributed by atoms with Crippen molar-refractivity contribution in [3.05, 3.63) is 113 Å². The fourth-order valence-electron chi connectivity index (χ4n) is 4.56. The Morgan fingerprint density at radius 1 is 1.06 bits per heavy atom. The number of H-pyrrole nitrogens is 1. The molecule has 1 amide bonds. The minimum atomic E-state index is -0.664. The molecule has 1 unspecified atom stereocenters. The number of carbonyl (C=O) groups is 1. The molecule has 1 atom stereocenters. The van der Waals surface area contributed by atoms with Crippen molar-refractivity contribution in [2.24, 2.45) is 0 Å². The number of benzene rings is 3. The molecule has 1 aromatic heterocycles. The molecule has 1 aliphatic heterocycles. The minimum absolute atomic E-state index is 0.211. The lowest BCUT2D eigenvalue weighted by atomic mass is 9.86. The van der Waals surface area contributed by atoms with Crippen LogP contribution in [-0.4, -0.2) is 22.6 Å². The molecule has 0 bridgehead atoms. The monoisotopic (exact) mass is 516 g/mol. The van der Waals surface area contributed by atoms with Gasteiger partial charge in [0.05, 0.1) is 35.5 Å². The van der Waals surface area contributed by atoms with E-state index in [9.17, 15) is 4.79 Å². The van der Waals surface area contributed by atoms with Crippen LogP contribution in [0.25, 0.3) is 0 Å². The first-order valence-corrected chi connectivity index (χ1v) is 11.9. The minimum Gasteiger partial charge on any atom is -0.444 e. The smallest absolute Gasteiger partial charge is 0.415 e. The summed E-state index contributed by atoms with van der Waals surface area (Å²) in [4.78, 5) is 25.2. The molecule has 6 nitrogen and oxygen atoms in total. The van der Waals surface area contributed by atoms with Gasteiger partial charge in [-0.2, -0.15) is 0 Å². The van der Waals surface area contributed by atoms with Crippen LogP contribution in [0.3, 0.4) is 0 Å². The lowest BCUT2D eigenvalue weighted by molar-refractivity contribution is 0.139. The van der Waals surface area contributed by atoms with Crippen LogP contribution in [-0.2, 0) is 23.4 Å². The summed E-state index contributed by atoms with van der Waals surface area (Å²) in [5.41, 5.74) is 4.08. The van der Waals surface area contributed by atoms with Crippen LogP contribution in [0.4, 0.5) is 16.2 Å². The molecule has 2 heterocycles. The fraction of sp³-hybridized carbons (Fsp3) is 0.185. The van der Waals surface area contributed by atoms with Gasteiger partial charge in [-0.25, -0.2) is 9.78 Å². The molecule has 0 saturated heterocycles. The highest BCUT2D eigenvalue weighted by atomic mass is 79.9. The van der Waals surface area contributed by atoms with E-state index in [2.05, 4.69) is 49.9 Å². The second-order valence-electron chi connectivity index (χ2n) is 8.58. The SMILES string of the molecule is CC1(c2ccccc2)CN(Cc2cnc[nH]2)c2ccc(Br)cc2N1C(=O)OCc1ccccc1. The number of aromatic amines is 1. The van der Waals surface area contributed by atoms with Crippen molar-refractivity contribution >= 4 is 33.4 Å². The zero-order valence-electron chi connectivity index (χ0n) is 18.8. The second kappa shape index (κ2) is 9.35. The molecule has 0 fully saturated rings. The van der Waals surface area contributed by atoms with E-state index in [0.717, 1.165) is 32.7 Å². The summed E-state index contributed by atoms with van der Waals surface area (Å²) in [6, 6.07) is 25.9. The first-order valence-electron chi connectivity index (χ1n) is 11.1. The molecular formula is C27H25BrN4O2. The van der Waals surface area contributed by atoms with Crippen LogP contribution in [0.2, 0.25) is 0 Å². The summed E-state index contributed by atoms with van der Waals surface area (Å²) >= 11 is 3.60. The van der Waals surface area contributed by atoms with Crippen molar-refractivity contribution in [2.45, 2.75) is 25.6 Å². The van der Waals surface area contributed by atoms with Crippen LogP contribution in [0.15, 0.2) is 95.9 Å². The van der Waals surface area contributed by atoms with E-state index in [-0.39, 0.29) is 12.7 Å². The van der Waals surface area contributed by atoms with E-state index in [1.54, 1.807) is 11.2 Å². The summed E-state index contributed by atoms with van der Waals surface area (Å²) in [5, 5.41) is 0. The van der Waals surface area contributed by atoms with Crippen LogP contribution in [0.5, 0.6) is 0 Å². The van der Waals surface area contributed by atoms with Gasteiger partial charge in [0.25, 0.3) is 0 Å². The van der Waals surface area contributed by atoms with E-state index in [4.69, 9.17) is 4.74 Å². The van der Waals surface area contributed by atoms with E-state index in [0.29, 0.717) is 13.1 Å². The Kier molecular flexibility index (Phi) is 6.11. The van der Waals surface area contributed by atoms with Gasteiger partial charge in [0, 0.05) is 17.2 Å². The summed E-state index contributed by atoms with van der Waals surface area (Å²) < 4.78 is 6.75. The maximum atomic E-state index is 13.7. The number of hydrogen-bond acceptors (Lipinski definition) is 4. The number of ether oxygens (including phenoxy) is 1. The molecule has 1 N–H and O–H groups in total. The van der Waals surface area contributed by atoms with Crippen molar-refractivity contribution in [3.63, 3.8) is 0 Å². The molecule has 3 aromatic carbocycles. The van der Waals surface area contributed by atoms with Gasteiger partial charge >= 0.3 is 6.09 Å². The number of hydrogen-bond donors (Lipinski definition) is 1. The van der Waals surface area contributed by atoms with E-state index in [1.165, 1.54) is 0 Å². The number of nitrogens with one attached hydrogen (secondary N) is 1. The second-order valence-corrected chi connectivity index (χ2v) is 9.50. The van der Waals surface area contributed by atoms with Crippen LogP contribution in [0.1, 0.15) is 23.7 Å². The van der Waals surface area contributed by atoms with Gasteiger partial charge in [-0.05, 0) is 36.2 Å². The Balaban J connectivity index is 1.58. The number of nitrogens with zero attached hydrogens (tertiary/aromatic N) is 3. The quantitative estimate of drug-likeness (QED) is 0.340. The normalized spacial score (nSPS) is 17.4. The zero-order chi connectivity index (χ0) is 23.5. The molecule has 0 radical (unpaired) electrons. The average Bonchev–Trinajstić information content (AvgIpc) is 3.37. The molecule has 4 aromatic rings. The van der Waals surface area contributed by atoms with Gasteiger partial charge in [-0.3, -0.25) is 4.90 Å². The molecule has 34 heavy (non-hydrogen) atoms. The molecule has 172 valence electrons. The molecule has 0 spiro atoms. The maximum Gasteiger partial charge on any atom is 0.415 e. The van der Waals surface area contributed by atoms with E-state index < -0.39 is 5.54 Å². The number of imidazole rings is 1.